The Morgan fingerprint density at radius 1 is 1.67 bits per heavy atom. The van der Waals surface area contributed by atoms with Crippen molar-refractivity contribution in [3.63, 3.8) is 0 Å². The zero-order valence-electron chi connectivity index (χ0n) is 6.86. The van der Waals surface area contributed by atoms with E-state index in [1.807, 2.05) is 0 Å². The van der Waals surface area contributed by atoms with Crippen LogP contribution in [0.3, 0.4) is 0 Å². The summed E-state index contributed by atoms with van der Waals surface area (Å²) in [7, 11) is -2.92. The number of rotatable bonds is 3. The highest BCUT2D eigenvalue weighted by atomic mass is 32.2. The van der Waals surface area contributed by atoms with E-state index in [2.05, 4.69) is 12.0 Å². The van der Waals surface area contributed by atoms with Crippen LogP contribution in [0.25, 0.3) is 0 Å². The summed E-state index contributed by atoms with van der Waals surface area (Å²) in [6.45, 7) is 3.54. The highest BCUT2D eigenvalue weighted by Gasteiger charge is 2.35. The Kier molecular flexibility index (Phi) is 2.87. The van der Waals surface area contributed by atoms with Crippen LogP contribution in [0.1, 0.15) is 12.8 Å². The first-order valence-corrected chi connectivity index (χ1v) is 5.63. The number of nitrogens with two attached hydrogens (primary N) is 1. The van der Waals surface area contributed by atoms with Gasteiger partial charge in [0.15, 0.2) is 9.84 Å². The Morgan fingerprint density at radius 3 is 2.67 bits per heavy atom. The van der Waals surface area contributed by atoms with Crippen molar-refractivity contribution >= 4 is 9.84 Å². The summed E-state index contributed by atoms with van der Waals surface area (Å²) in [6.07, 6.45) is 2.97. The molecule has 0 aliphatic carbocycles. The maximum Gasteiger partial charge on any atom is 0.155 e. The number of sulfone groups is 1. The molecule has 0 amide bonds. The molecule has 0 radical (unpaired) electrons. The van der Waals surface area contributed by atoms with E-state index in [0.29, 0.717) is 6.42 Å². The summed E-state index contributed by atoms with van der Waals surface area (Å²) in [6, 6.07) is -0.308. The molecule has 0 bridgehead atoms. The van der Waals surface area contributed by atoms with E-state index in [9.17, 15) is 8.42 Å². The summed E-state index contributed by atoms with van der Waals surface area (Å²) in [5.74, 6) is 5.48. The third-order valence-electron chi connectivity index (χ3n) is 2.23. The summed E-state index contributed by atoms with van der Waals surface area (Å²) < 4.78 is 22.8. The quantitative estimate of drug-likeness (QED) is 0.360. The van der Waals surface area contributed by atoms with Crippen LogP contribution in [0.4, 0.5) is 0 Å². The predicted molar refractivity (Wildman–Crippen MR) is 48.1 cm³/mol. The first-order valence-electron chi connectivity index (χ1n) is 3.92. The highest BCUT2D eigenvalue weighted by molar-refractivity contribution is 7.92. The van der Waals surface area contributed by atoms with Crippen molar-refractivity contribution in [2.45, 2.75) is 24.1 Å². The lowest BCUT2D eigenvalue weighted by Gasteiger charge is -2.17. The Bertz CT molecular complexity index is 261. The summed E-state index contributed by atoms with van der Waals surface area (Å²) >= 11 is 0. The second-order valence-electron chi connectivity index (χ2n) is 2.98. The molecule has 0 saturated carbocycles. The molecule has 3 N–H and O–H groups in total. The fourth-order valence-corrected chi connectivity index (χ4v) is 3.58. The van der Waals surface area contributed by atoms with Crippen LogP contribution in [-0.2, 0) is 9.84 Å². The zero-order valence-corrected chi connectivity index (χ0v) is 7.68. The topological polar surface area (TPSA) is 72.2 Å². The molecule has 0 aromatic heterocycles. The fourth-order valence-electron chi connectivity index (χ4n) is 1.55. The summed E-state index contributed by atoms with van der Waals surface area (Å²) in [4.78, 5) is 0. The molecule has 4 nitrogen and oxygen atoms in total. The first kappa shape index (κ1) is 9.70. The van der Waals surface area contributed by atoms with Gasteiger partial charge in [-0.15, -0.1) is 6.58 Å². The lowest BCUT2D eigenvalue weighted by Crippen LogP contribution is -2.44. The third-order valence-corrected chi connectivity index (χ3v) is 4.53. The van der Waals surface area contributed by atoms with Crippen molar-refractivity contribution in [2.24, 2.45) is 5.84 Å². The molecule has 2 atom stereocenters. The van der Waals surface area contributed by atoms with Crippen molar-refractivity contribution in [3.05, 3.63) is 12.7 Å². The minimum absolute atomic E-state index is 0.281. The molecule has 1 saturated heterocycles. The largest absolute Gasteiger partial charge is 0.271 e. The van der Waals surface area contributed by atoms with E-state index in [-0.39, 0.29) is 17.0 Å². The van der Waals surface area contributed by atoms with E-state index < -0.39 is 9.84 Å². The molecule has 1 fully saturated rings. The van der Waals surface area contributed by atoms with Gasteiger partial charge in [0, 0.05) is 0 Å². The van der Waals surface area contributed by atoms with Crippen LogP contribution < -0.4 is 11.3 Å². The zero-order chi connectivity index (χ0) is 9.19. The predicted octanol–water partition coefficient (Wildman–Crippen LogP) is -0.418. The SMILES string of the molecule is C=CC(NN)C1CCCS1(=O)=O. The maximum atomic E-state index is 11.4. The van der Waals surface area contributed by atoms with Crippen LogP contribution in [-0.4, -0.2) is 25.5 Å². The second kappa shape index (κ2) is 3.55. The number of hydrogen-bond donors (Lipinski definition) is 2. The Hall–Kier alpha value is -0.390. The third kappa shape index (κ3) is 1.68. The molecule has 0 spiro atoms. The molecule has 5 heteroatoms. The smallest absolute Gasteiger partial charge is 0.155 e. The van der Waals surface area contributed by atoms with Gasteiger partial charge in [-0.1, -0.05) is 6.08 Å². The van der Waals surface area contributed by atoms with E-state index in [0.717, 1.165) is 6.42 Å². The van der Waals surface area contributed by atoms with Crippen molar-refractivity contribution in [2.75, 3.05) is 5.75 Å². The number of hydrogen-bond acceptors (Lipinski definition) is 4. The second-order valence-corrected chi connectivity index (χ2v) is 5.32. The van der Waals surface area contributed by atoms with E-state index in [4.69, 9.17) is 5.84 Å². The Morgan fingerprint density at radius 2 is 2.33 bits per heavy atom. The van der Waals surface area contributed by atoms with Gasteiger partial charge in [0.05, 0.1) is 17.0 Å². The van der Waals surface area contributed by atoms with Crippen LogP contribution in [0.15, 0.2) is 12.7 Å². The van der Waals surface area contributed by atoms with E-state index in [1.54, 1.807) is 6.08 Å². The van der Waals surface area contributed by atoms with Crippen LogP contribution in [0.2, 0.25) is 0 Å². The summed E-state index contributed by atoms with van der Waals surface area (Å²) in [5, 5.41) is -0.375. The first-order chi connectivity index (χ1) is 5.61. The molecular weight excluding hydrogens is 176 g/mol. The van der Waals surface area contributed by atoms with Gasteiger partial charge in [-0.3, -0.25) is 11.3 Å². The van der Waals surface area contributed by atoms with Gasteiger partial charge in [0.2, 0.25) is 0 Å². The van der Waals surface area contributed by atoms with Gasteiger partial charge >= 0.3 is 0 Å². The fraction of sp³-hybridized carbons (Fsp3) is 0.714. The molecule has 1 rings (SSSR count). The Labute approximate surface area is 72.7 Å². The molecule has 1 aliphatic heterocycles. The standard InChI is InChI=1S/C7H14N2O2S/c1-2-6(9-8)7-4-3-5-12(7,10)11/h2,6-7,9H,1,3-5,8H2. The average molecular weight is 190 g/mol. The minimum Gasteiger partial charge on any atom is -0.271 e. The molecule has 1 heterocycles. The lowest BCUT2D eigenvalue weighted by molar-refractivity contribution is 0.540. The van der Waals surface area contributed by atoms with Crippen molar-refractivity contribution in [1.29, 1.82) is 0 Å². The Balaban J connectivity index is 2.80. The van der Waals surface area contributed by atoms with Crippen LogP contribution >= 0.6 is 0 Å². The lowest BCUT2D eigenvalue weighted by atomic mass is 10.1. The van der Waals surface area contributed by atoms with Gasteiger partial charge in [0.1, 0.15) is 0 Å². The monoisotopic (exact) mass is 190 g/mol. The van der Waals surface area contributed by atoms with Gasteiger partial charge in [-0.2, -0.15) is 0 Å². The molecule has 70 valence electrons. The van der Waals surface area contributed by atoms with Crippen LogP contribution in [0, 0.1) is 0 Å². The molecule has 0 aromatic carbocycles. The molecule has 2 unspecified atom stereocenters. The molecule has 12 heavy (non-hydrogen) atoms. The van der Waals surface area contributed by atoms with Gasteiger partial charge in [-0.05, 0) is 12.8 Å². The highest BCUT2D eigenvalue weighted by Crippen LogP contribution is 2.22. The number of nitrogens with one attached hydrogen (secondary N) is 1. The molecule has 0 aromatic rings. The van der Waals surface area contributed by atoms with Crippen LogP contribution in [0.5, 0.6) is 0 Å². The van der Waals surface area contributed by atoms with Crippen molar-refractivity contribution in [3.8, 4) is 0 Å². The van der Waals surface area contributed by atoms with Gasteiger partial charge < -0.3 is 0 Å². The van der Waals surface area contributed by atoms with E-state index in [1.165, 1.54) is 0 Å². The van der Waals surface area contributed by atoms with E-state index >= 15 is 0 Å². The van der Waals surface area contributed by atoms with Crippen molar-refractivity contribution < 1.29 is 8.42 Å². The summed E-state index contributed by atoms with van der Waals surface area (Å²) in [5.41, 5.74) is 2.45. The normalized spacial score (nSPS) is 29.9. The number of hydrazine groups is 1. The molecular formula is C7H14N2O2S. The maximum absolute atomic E-state index is 11.4. The van der Waals surface area contributed by atoms with Gasteiger partial charge in [-0.25, -0.2) is 8.42 Å². The van der Waals surface area contributed by atoms with Crippen molar-refractivity contribution in [1.82, 2.24) is 5.43 Å². The van der Waals surface area contributed by atoms with Gasteiger partial charge in [0.25, 0.3) is 0 Å². The minimum atomic E-state index is -2.92. The average Bonchev–Trinajstić information content (AvgIpc) is 2.34. The molecule has 1 aliphatic rings.